The van der Waals surface area contributed by atoms with Crippen molar-refractivity contribution in [3.05, 3.63) is 32.8 Å². The molecule has 0 aliphatic carbocycles. The Bertz CT molecular complexity index is 511. The normalized spacial score (nSPS) is 9.33. The second-order valence-corrected chi connectivity index (χ2v) is 4.17. The van der Waals surface area contributed by atoms with Gasteiger partial charge in [0.05, 0.1) is 18.0 Å². The molecular formula is C11H10BrN3O3. The molecule has 0 bridgehead atoms. The second kappa shape index (κ2) is 6.61. The highest BCUT2D eigenvalue weighted by atomic mass is 79.9. The molecule has 0 atom stereocenters. The molecule has 1 aromatic carbocycles. The predicted molar refractivity (Wildman–Crippen MR) is 71.1 cm³/mol. The van der Waals surface area contributed by atoms with Crippen LogP contribution in [0.15, 0.2) is 22.7 Å². The highest BCUT2D eigenvalue weighted by molar-refractivity contribution is 9.10. The van der Waals surface area contributed by atoms with Crippen molar-refractivity contribution in [2.45, 2.75) is 0 Å². The molecule has 0 fully saturated rings. The van der Waals surface area contributed by atoms with Crippen LogP contribution >= 0.6 is 15.9 Å². The van der Waals surface area contributed by atoms with E-state index in [9.17, 15) is 14.9 Å². The van der Waals surface area contributed by atoms with E-state index in [0.717, 1.165) is 0 Å². The monoisotopic (exact) mass is 311 g/mol. The average molecular weight is 312 g/mol. The zero-order chi connectivity index (χ0) is 13.5. The molecule has 7 heteroatoms. The van der Waals surface area contributed by atoms with Crippen LogP contribution in [-0.4, -0.2) is 23.9 Å². The van der Waals surface area contributed by atoms with Crippen molar-refractivity contribution >= 4 is 33.2 Å². The van der Waals surface area contributed by atoms with Gasteiger partial charge in [0, 0.05) is 10.5 Å². The van der Waals surface area contributed by atoms with E-state index < -0.39 is 4.92 Å². The summed E-state index contributed by atoms with van der Waals surface area (Å²) < 4.78 is 0.680. The third-order valence-corrected chi connectivity index (χ3v) is 2.48. The Labute approximate surface area is 112 Å². The number of anilines is 1. The van der Waals surface area contributed by atoms with Crippen LogP contribution in [0.4, 0.5) is 11.4 Å². The minimum Gasteiger partial charge on any atom is -0.371 e. The van der Waals surface area contributed by atoms with E-state index in [1.807, 2.05) is 0 Å². The molecule has 6 nitrogen and oxygen atoms in total. The van der Waals surface area contributed by atoms with Gasteiger partial charge in [0.15, 0.2) is 0 Å². The number of carbonyl (C=O) groups is 1. The van der Waals surface area contributed by atoms with Gasteiger partial charge in [-0.3, -0.25) is 14.9 Å². The Morgan fingerprint density at radius 3 is 2.89 bits per heavy atom. The number of halogens is 1. The summed E-state index contributed by atoms with van der Waals surface area (Å²) in [6.45, 7) is 0.0417. The number of nitro benzene ring substituents is 1. The molecule has 2 N–H and O–H groups in total. The molecule has 18 heavy (non-hydrogen) atoms. The van der Waals surface area contributed by atoms with Gasteiger partial charge in [-0.1, -0.05) is 21.9 Å². The van der Waals surface area contributed by atoms with E-state index in [4.69, 9.17) is 6.42 Å². The Hall–Kier alpha value is -2.07. The summed E-state index contributed by atoms with van der Waals surface area (Å²) in [6.07, 6.45) is 4.99. The van der Waals surface area contributed by atoms with Crippen molar-refractivity contribution in [3.63, 3.8) is 0 Å². The fourth-order valence-corrected chi connectivity index (χ4v) is 1.56. The van der Waals surface area contributed by atoms with Gasteiger partial charge in [0.1, 0.15) is 5.69 Å². The summed E-state index contributed by atoms with van der Waals surface area (Å²) in [5.41, 5.74) is 0.174. The van der Waals surface area contributed by atoms with Crippen LogP contribution in [0.2, 0.25) is 0 Å². The standard InChI is InChI=1S/C11H10BrN3O3/c1-2-5-13-11(16)7-14-9-6-8(12)3-4-10(9)15(17)18/h1,3-4,6,14H,5,7H2,(H,13,16). The molecule has 0 unspecified atom stereocenters. The molecule has 1 aromatic rings. The van der Waals surface area contributed by atoms with Crippen molar-refractivity contribution in [2.24, 2.45) is 0 Å². The molecular weight excluding hydrogens is 302 g/mol. The summed E-state index contributed by atoms with van der Waals surface area (Å²) in [5.74, 6) is 1.93. The van der Waals surface area contributed by atoms with Crippen LogP contribution < -0.4 is 10.6 Å². The van der Waals surface area contributed by atoms with Gasteiger partial charge < -0.3 is 10.6 Å². The Balaban J connectivity index is 2.72. The third-order valence-electron chi connectivity index (χ3n) is 1.98. The van der Waals surface area contributed by atoms with E-state index in [-0.39, 0.29) is 30.4 Å². The zero-order valence-electron chi connectivity index (χ0n) is 9.27. The van der Waals surface area contributed by atoms with Crippen molar-refractivity contribution in [3.8, 4) is 12.3 Å². The Morgan fingerprint density at radius 2 is 2.28 bits per heavy atom. The highest BCUT2D eigenvalue weighted by Crippen LogP contribution is 2.27. The third kappa shape index (κ3) is 4.07. The van der Waals surface area contributed by atoms with Crippen LogP contribution in [-0.2, 0) is 4.79 Å². The van der Waals surface area contributed by atoms with Crippen molar-refractivity contribution in [1.29, 1.82) is 0 Å². The van der Waals surface area contributed by atoms with Crippen LogP contribution in [0.5, 0.6) is 0 Å². The SMILES string of the molecule is C#CCNC(=O)CNc1cc(Br)ccc1[N+](=O)[O-]. The molecule has 0 aliphatic rings. The number of nitrogens with zero attached hydrogens (tertiary/aromatic N) is 1. The number of benzene rings is 1. The maximum atomic E-state index is 11.3. The largest absolute Gasteiger partial charge is 0.371 e. The van der Waals surface area contributed by atoms with Crippen molar-refractivity contribution in [1.82, 2.24) is 5.32 Å². The molecule has 94 valence electrons. The van der Waals surface area contributed by atoms with Crippen LogP contribution in [0, 0.1) is 22.5 Å². The van der Waals surface area contributed by atoms with E-state index in [1.54, 1.807) is 6.07 Å². The molecule has 0 heterocycles. The van der Waals surface area contributed by atoms with Gasteiger partial charge in [-0.05, 0) is 12.1 Å². The number of nitro groups is 1. The molecule has 0 radical (unpaired) electrons. The summed E-state index contributed by atoms with van der Waals surface area (Å²) in [6, 6.07) is 4.44. The first-order valence-corrected chi connectivity index (χ1v) is 5.72. The molecule has 1 amide bonds. The average Bonchev–Trinajstić information content (AvgIpc) is 2.33. The fraction of sp³-hybridized carbons (Fsp3) is 0.182. The topological polar surface area (TPSA) is 84.3 Å². The summed E-state index contributed by atoms with van der Waals surface area (Å²) in [4.78, 5) is 21.5. The number of rotatable bonds is 5. The van der Waals surface area contributed by atoms with Crippen LogP contribution in [0.1, 0.15) is 0 Å². The summed E-state index contributed by atoms with van der Waals surface area (Å²) in [7, 11) is 0. The van der Waals surface area contributed by atoms with E-state index in [1.165, 1.54) is 12.1 Å². The second-order valence-electron chi connectivity index (χ2n) is 3.25. The first kappa shape index (κ1) is 14.0. The zero-order valence-corrected chi connectivity index (χ0v) is 10.9. The minimum absolute atomic E-state index is 0.0844. The lowest BCUT2D eigenvalue weighted by molar-refractivity contribution is -0.384. The first-order chi connectivity index (χ1) is 8.54. The number of terminal acetylenes is 1. The lowest BCUT2D eigenvalue weighted by atomic mass is 10.2. The van der Waals surface area contributed by atoms with Gasteiger partial charge in [-0.25, -0.2) is 0 Å². The molecule has 0 saturated carbocycles. The lowest BCUT2D eigenvalue weighted by Gasteiger charge is -2.07. The maximum Gasteiger partial charge on any atom is 0.292 e. The van der Waals surface area contributed by atoms with Gasteiger partial charge in [0.25, 0.3) is 5.69 Å². The van der Waals surface area contributed by atoms with Crippen molar-refractivity contribution < 1.29 is 9.72 Å². The number of carbonyl (C=O) groups excluding carboxylic acids is 1. The number of nitrogens with one attached hydrogen (secondary N) is 2. The Kier molecular flexibility index (Phi) is 5.14. The number of hydrogen-bond donors (Lipinski definition) is 2. The van der Waals surface area contributed by atoms with Gasteiger partial charge >= 0.3 is 0 Å². The molecule has 0 aromatic heterocycles. The minimum atomic E-state index is -0.520. The fourth-order valence-electron chi connectivity index (χ4n) is 1.20. The quantitative estimate of drug-likeness (QED) is 0.490. The smallest absolute Gasteiger partial charge is 0.292 e. The van der Waals surface area contributed by atoms with Crippen LogP contribution in [0.25, 0.3) is 0 Å². The van der Waals surface area contributed by atoms with Crippen LogP contribution in [0.3, 0.4) is 0 Å². The molecule has 1 rings (SSSR count). The number of hydrogen-bond acceptors (Lipinski definition) is 4. The van der Waals surface area contributed by atoms with E-state index in [2.05, 4.69) is 32.5 Å². The van der Waals surface area contributed by atoms with E-state index >= 15 is 0 Å². The molecule has 0 aliphatic heterocycles. The summed E-state index contributed by atoms with van der Waals surface area (Å²) in [5, 5.41) is 15.9. The molecule has 0 saturated heterocycles. The van der Waals surface area contributed by atoms with Crippen molar-refractivity contribution in [2.75, 3.05) is 18.4 Å². The lowest BCUT2D eigenvalue weighted by Crippen LogP contribution is -2.30. The van der Waals surface area contributed by atoms with Gasteiger partial charge in [-0.15, -0.1) is 6.42 Å². The molecule has 0 spiro atoms. The maximum absolute atomic E-state index is 11.3. The number of amides is 1. The first-order valence-electron chi connectivity index (χ1n) is 4.92. The van der Waals surface area contributed by atoms with Gasteiger partial charge in [0.2, 0.25) is 5.91 Å². The highest BCUT2D eigenvalue weighted by Gasteiger charge is 2.14. The Morgan fingerprint density at radius 1 is 1.56 bits per heavy atom. The van der Waals surface area contributed by atoms with E-state index in [0.29, 0.717) is 4.47 Å². The summed E-state index contributed by atoms with van der Waals surface area (Å²) >= 11 is 3.20. The predicted octanol–water partition coefficient (Wildman–Crippen LogP) is 1.52. The van der Waals surface area contributed by atoms with Gasteiger partial charge in [-0.2, -0.15) is 0 Å².